The summed E-state index contributed by atoms with van der Waals surface area (Å²) in [5.74, 6) is 5.04. The Bertz CT molecular complexity index is 2510. The van der Waals surface area contributed by atoms with Gasteiger partial charge in [-0.05, 0) is 0 Å². The number of hydrogen-bond acceptors (Lipinski definition) is 0. The van der Waals surface area contributed by atoms with Crippen LogP contribution in [0.15, 0.2) is 84.9 Å². The predicted octanol–water partition coefficient (Wildman–Crippen LogP) is 21.1. The Morgan fingerprint density at radius 1 is 0.216 bits per heavy atom. The van der Waals surface area contributed by atoms with Crippen LogP contribution in [0.25, 0.3) is 44.5 Å². The Morgan fingerprint density at radius 3 is 0.486 bits per heavy atom. The molecular weight excluding hydrogens is 1100 g/mol. The van der Waals surface area contributed by atoms with E-state index in [2.05, 4.69) is 251 Å². The monoisotopic (exact) mass is 1200 g/mol. The quantitative estimate of drug-likeness (QED) is 0.0848. The van der Waals surface area contributed by atoms with Crippen molar-refractivity contribution in [2.24, 2.45) is 0 Å². The molecule has 6 aromatic rings. The van der Waals surface area contributed by atoms with Crippen molar-refractivity contribution in [1.82, 2.24) is 0 Å². The fraction of sp³-hybridized carbons (Fsp3) is 0.500. The first-order valence-corrected chi connectivity index (χ1v) is 43.0. The Kier molecular flexibility index (Phi) is 20.4. The van der Waals surface area contributed by atoms with E-state index in [0.29, 0.717) is 71.0 Å². The molecule has 0 heterocycles. The van der Waals surface area contributed by atoms with Gasteiger partial charge in [-0.3, -0.25) is 0 Å². The van der Waals surface area contributed by atoms with E-state index in [1.165, 1.54) is 111 Å². The van der Waals surface area contributed by atoms with Crippen LogP contribution in [0.1, 0.15) is 304 Å². The fourth-order valence-corrected chi connectivity index (χ4v) is 31.1. The zero-order valence-electron chi connectivity index (χ0n) is 51.0. The van der Waals surface area contributed by atoms with Crippen LogP contribution in [0.3, 0.4) is 0 Å². The molecule has 6 aromatic carbocycles. The predicted molar refractivity (Wildman–Crippen MR) is 334 cm³/mol. The van der Waals surface area contributed by atoms with Crippen molar-refractivity contribution in [3.63, 3.8) is 0 Å². The van der Waals surface area contributed by atoms with E-state index in [0.717, 1.165) is 0 Å². The molecule has 0 saturated heterocycles. The molecule has 0 radical (unpaired) electrons. The average Bonchev–Trinajstić information content (AvgIpc) is 3.33. The van der Waals surface area contributed by atoms with Gasteiger partial charge in [-0.15, -0.1) is 0 Å². The van der Waals surface area contributed by atoms with E-state index in [9.17, 15) is 0 Å². The summed E-state index contributed by atoms with van der Waals surface area (Å²) in [6.45, 7) is 58.2. The van der Waals surface area contributed by atoms with Gasteiger partial charge in [0.05, 0.1) is 0 Å². The van der Waals surface area contributed by atoms with E-state index in [4.69, 9.17) is 0 Å². The van der Waals surface area contributed by atoms with Crippen LogP contribution >= 0.6 is 0 Å². The van der Waals surface area contributed by atoms with Crippen LogP contribution in [-0.4, -0.2) is 32.5 Å². The third kappa shape index (κ3) is 12.7. The summed E-state index contributed by atoms with van der Waals surface area (Å²) in [6, 6.07) is 36.0. The number of hydrogen-bond donors (Lipinski definition) is 0. The van der Waals surface area contributed by atoms with Crippen LogP contribution in [-0.2, 0) is 0 Å². The third-order valence-electron chi connectivity index (χ3n) is 16.0. The second-order valence-corrected chi connectivity index (χ2v) is 39.7. The van der Waals surface area contributed by atoms with E-state index in [-0.39, 0.29) is 0 Å². The number of benzene rings is 6. The van der Waals surface area contributed by atoms with Crippen LogP contribution in [0, 0.1) is 0 Å². The van der Waals surface area contributed by atoms with Crippen molar-refractivity contribution in [2.75, 3.05) is 0 Å². The molecule has 0 aromatic heterocycles. The maximum atomic E-state index is 2.60. The van der Waals surface area contributed by atoms with Gasteiger partial charge in [-0.25, -0.2) is 0 Å². The molecule has 0 fully saturated rings. The first kappa shape index (κ1) is 60.2. The summed E-state index contributed by atoms with van der Waals surface area (Å²) < 4.78 is 3.47. The molecule has 394 valence electrons. The molecule has 2 heteroatoms. The van der Waals surface area contributed by atoms with Crippen molar-refractivity contribution in [2.45, 2.75) is 237 Å². The van der Waals surface area contributed by atoms with Crippen LogP contribution in [0.5, 0.6) is 0 Å². The minimum absolute atomic E-state index is 0.397. The molecule has 74 heavy (non-hydrogen) atoms. The normalized spacial score (nSPS) is 12.3. The zero-order chi connectivity index (χ0) is 54.9. The standard InChI is InChI=1S/2C36H49.2Sn/c2*1-21(2)29-17-31(23(5)6)35(32(18-29)24(7)8)27-14-13-15-28(16-27)36-33(25(9)10)19-30(22(3)4)20-34(36)26(11)12;;/h2*13-15,17-26H,1-12H3;;. The molecule has 0 aliphatic heterocycles. The van der Waals surface area contributed by atoms with Gasteiger partial charge < -0.3 is 0 Å². The van der Waals surface area contributed by atoms with Gasteiger partial charge in [0, 0.05) is 0 Å². The van der Waals surface area contributed by atoms with Gasteiger partial charge in [0.25, 0.3) is 0 Å². The summed E-state index contributed by atoms with van der Waals surface area (Å²) in [7, 11) is 0. The van der Waals surface area contributed by atoms with Crippen LogP contribution < -0.4 is 7.16 Å². The molecule has 0 aliphatic rings. The van der Waals surface area contributed by atoms with Gasteiger partial charge in [-0.2, -0.15) is 0 Å². The second kappa shape index (κ2) is 25.1. The first-order valence-electron chi connectivity index (χ1n) is 29.2. The van der Waals surface area contributed by atoms with Crippen molar-refractivity contribution in [1.29, 1.82) is 0 Å². The SMILES string of the molecule is CC(C)c1cc(C(C)C)c(-c2cccc(-c3c(C(C)C)cc(C(C)C)cc3C(C)C)[c]2[Sn]#[Sn][c]2c(-c3c(C(C)C)cc(C(C)C)cc3C(C)C)cccc2-c2c(C(C)C)cc(C(C)C)cc2C(C)C)c(C(C)C)c1. The topological polar surface area (TPSA) is 0 Å². The zero-order valence-corrected chi connectivity index (χ0v) is 56.7. The van der Waals surface area contributed by atoms with Gasteiger partial charge >= 0.3 is 473 Å². The molecule has 0 bridgehead atoms. The summed E-state index contributed by atoms with van der Waals surface area (Å²) in [5.41, 5.74) is 30.3. The Balaban J connectivity index is 1.97. The Hall–Kier alpha value is -3.08. The maximum absolute atomic E-state index is 2.60. The van der Waals surface area contributed by atoms with E-state index in [1.54, 1.807) is 7.16 Å². The van der Waals surface area contributed by atoms with Crippen molar-refractivity contribution in [3.05, 3.63) is 152 Å². The molecule has 0 spiro atoms. The van der Waals surface area contributed by atoms with Gasteiger partial charge in [0.15, 0.2) is 0 Å². The van der Waals surface area contributed by atoms with Gasteiger partial charge in [-0.1, -0.05) is 0 Å². The summed E-state index contributed by atoms with van der Waals surface area (Å²) in [5, 5.41) is 0. The average molecular weight is 1200 g/mol. The van der Waals surface area contributed by atoms with Crippen LogP contribution in [0.4, 0.5) is 0 Å². The number of rotatable bonds is 16. The van der Waals surface area contributed by atoms with Gasteiger partial charge in [0.1, 0.15) is 0 Å². The summed E-state index contributed by atoms with van der Waals surface area (Å²) in [4.78, 5) is 0. The van der Waals surface area contributed by atoms with Crippen molar-refractivity contribution < 1.29 is 0 Å². The molecule has 6 rings (SSSR count). The Labute approximate surface area is 469 Å². The molecule has 0 N–H and O–H groups in total. The molecule has 0 saturated carbocycles. The first-order chi connectivity index (χ1) is 34.7. The molecule has 0 amide bonds. The Morgan fingerprint density at radius 2 is 0.365 bits per heavy atom. The van der Waals surface area contributed by atoms with Crippen molar-refractivity contribution in [3.8, 4) is 44.5 Å². The summed E-state index contributed by atoms with van der Waals surface area (Å²) >= 11 is -2.73. The van der Waals surface area contributed by atoms with E-state index < -0.39 is 32.5 Å². The molecule has 0 atom stereocenters. The van der Waals surface area contributed by atoms with E-state index in [1.807, 2.05) is 0 Å². The fourth-order valence-electron chi connectivity index (χ4n) is 11.4. The summed E-state index contributed by atoms with van der Waals surface area (Å²) in [6.07, 6.45) is 0. The third-order valence-corrected chi connectivity index (χ3v) is 32.9. The molecule has 0 nitrogen and oxygen atoms in total. The molecule has 0 unspecified atom stereocenters. The van der Waals surface area contributed by atoms with Crippen LogP contribution in [0.2, 0.25) is 0 Å². The molecular formula is C72H98Sn2. The second-order valence-electron chi connectivity index (χ2n) is 25.9. The van der Waals surface area contributed by atoms with Crippen molar-refractivity contribution >= 4 is 39.7 Å². The van der Waals surface area contributed by atoms with Gasteiger partial charge in [0.2, 0.25) is 0 Å². The molecule has 0 aliphatic carbocycles. The van der Waals surface area contributed by atoms with E-state index >= 15 is 0 Å². The minimum atomic E-state index is -1.37.